The third-order valence-corrected chi connectivity index (χ3v) is 4.61. The zero-order valence-electron chi connectivity index (χ0n) is 14.6. The average Bonchev–Trinajstić information content (AvgIpc) is 2.95. The number of hydrogen-bond donors (Lipinski definition) is 1. The molecule has 0 fully saturated rings. The largest absolute Gasteiger partial charge is 0.307 e. The molecule has 1 N–H and O–H groups in total. The maximum absolute atomic E-state index is 12.7. The second kappa shape index (κ2) is 7.25. The van der Waals surface area contributed by atoms with E-state index in [9.17, 15) is 14.4 Å². The number of amides is 3. The van der Waals surface area contributed by atoms with E-state index in [2.05, 4.69) is 10.3 Å². The molecule has 3 amide bonds. The summed E-state index contributed by atoms with van der Waals surface area (Å²) in [5.74, 6) is -0.874. The van der Waals surface area contributed by atoms with Crippen LogP contribution in [0.15, 0.2) is 66.9 Å². The Hall–Kier alpha value is -3.51. The van der Waals surface area contributed by atoms with Crippen molar-refractivity contribution in [2.75, 3.05) is 5.32 Å². The predicted molar refractivity (Wildman–Crippen MR) is 104 cm³/mol. The molecule has 138 valence electrons. The molecular formula is C21H14ClN3O3. The molecule has 0 radical (unpaired) electrons. The molecule has 0 saturated heterocycles. The second-order valence-corrected chi connectivity index (χ2v) is 6.69. The standard InChI is InChI=1S/C21H14ClN3O3/c22-15-7-9-18(23-11-15)24-19(26)14-6-8-16-17(10-14)21(28)25(20(16)27)12-13-4-2-1-3-5-13/h1-11H,12H2,(H,23,24,26). The zero-order chi connectivity index (χ0) is 19.7. The number of nitrogens with zero attached hydrogens (tertiary/aromatic N) is 2. The molecule has 6 nitrogen and oxygen atoms in total. The Labute approximate surface area is 165 Å². The van der Waals surface area contributed by atoms with Gasteiger partial charge in [-0.2, -0.15) is 0 Å². The number of nitrogens with one attached hydrogen (secondary N) is 1. The highest BCUT2D eigenvalue weighted by Crippen LogP contribution is 2.26. The molecule has 28 heavy (non-hydrogen) atoms. The van der Waals surface area contributed by atoms with Crippen LogP contribution in [0.4, 0.5) is 5.82 Å². The lowest BCUT2D eigenvalue weighted by Gasteiger charge is -2.13. The molecule has 0 spiro atoms. The summed E-state index contributed by atoms with van der Waals surface area (Å²) in [7, 11) is 0. The number of rotatable bonds is 4. The lowest BCUT2D eigenvalue weighted by Crippen LogP contribution is -2.29. The number of aromatic nitrogens is 1. The Morgan fingerprint density at radius 3 is 2.43 bits per heavy atom. The minimum absolute atomic E-state index is 0.184. The van der Waals surface area contributed by atoms with Crippen molar-refractivity contribution in [2.45, 2.75) is 6.54 Å². The summed E-state index contributed by atoms with van der Waals surface area (Å²) in [5, 5.41) is 3.09. The number of imide groups is 1. The summed E-state index contributed by atoms with van der Waals surface area (Å²) < 4.78 is 0. The van der Waals surface area contributed by atoms with E-state index in [1.165, 1.54) is 29.3 Å². The van der Waals surface area contributed by atoms with Crippen LogP contribution in [0.25, 0.3) is 0 Å². The van der Waals surface area contributed by atoms with E-state index in [1.54, 1.807) is 12.1 Å². The summed E-state index contributed by atoms with van der Waals surface area (Å²) in [6, 6.07) is 16.9. The third-order valence-electron chi connectivity index (χ3n) is 4.39. The number of fused-ring (bicyclic) bond motifs is 1. The van der Waals surface area contributed by atoms with E-state index < -0.39 is 11.8 Å². The third kappa shape index (κ3) is 3.37. The van der Waals surface area contributed by atoms with Crippen molar-refractivity contribution < 1.29 is 14.4 Å². The Balaban J connectivity index is 1.56. The first-order valence-corrected chi connectivity index (χ1v) is 8.88. The van der Waals surface area contributed by atoms with Gasteiger partial charge in [-0.05, 0) is 35.9 Å². The van der Waals surface area contributed by atoms with E-state index in [0.29, 0.717) is 16.4 Å². The first-order valence-electron chi connectivity index (χ1n) is 8.50. The van der Waals surface area contributed by atoms with Gasteiger partial charge in [-0.1, -0.05) is 41.9 Å². The molecule has 0 aliphatic carbocycles. The van der Waals surface area contributed by atoms with Crippen molar-refractivity contribution in [2.24, 2.45) is 0 Å². The highest BCUT2D eigenvalue weighted by atomic mass is 35.5. The van der Waals surface area contributed by atoms with Crippen molar-refractivity contribution in [1.82, 2.24) is 9.88 Å². The molecule has 1 aliphatic rings. The van der Waals surface area contributed by atoms with E-state index in [1.807, 2.05) is 30.3 Å². The van der Waals surface area contributed by atoms with Gasteiger partial charge in [0.25, 0.3) is 17.7 Å². The summed E-state index contributed by atoms with van der Waals surface area (Å²) >= 11 is 5.78. The van der Waals surface area contributed by atoms with E-state index in [4.69, 9.17) is 11.6 Å². The summed E-state index contributed by atoms with van der Waals surface area (Å²) in [6.07, 6.45) is 1.42. The Kier molecular flexibility index (Phi) is 4.63. The molecule has 4 rings (SSSR count). The molecule has 2 heterocycles. The molecule has 2 aromatic carbocycles. The lowest BCUT2D eigenvalue weighted by molar-refractivity contribution is 0.0642. The minimum atomic E-state index is -0.431. The van der Waals surface area contributed by atoms with Crippen molar-refractivity contribution in [3.05, 3.63) is 94.1 Å². The molecule has 3 aromatic rings. The highest BCUT2D eigenvalue weighted by molar-refractivity contribution is 6.30. The second-order valence-electron chi connectivity index (χ2n) is 6.26. The molecule has 1 aliphatic heterocycles. The minimum Gasteiger partial charge on any atom is -0.307 e. The maximum atomic E-state index is 12.7. The first kappa shape index (κ1) is 17.9. The molecule has 7 heteroatoms. The van der Waals surface area contributed by atoms with Gasteiger partial charge >= 0.3 is 0 Å². The van der Waals surface area contributed by atoms with Crippen LogP contribution in [0.1, 0.15) is 36.6 Å². The van der Waals surface area contributed by atoms with Gasteiger partial charge in [0.1, 0.15) is 5.82 Å². The van der Waals surface area contributed by atoms with Gasteiger partial charge in [0.2, 0.25) is 0 Å². The van der Waals surface area contributed by atoms with Crippen LogP contribution in [-0.4, -0.2) is 27.6 Å². The number of benzene rings is 2. The quantitative estimate of drug-likeness (QED) is 0.686. The fraction of sp³-hybridized carbons (Fsp3) is 0.0476. The predicted octanol–water partition coefficient (Wildman–Crippen LogP) is 3.78. The number of carbonyl (C=O) groups is 3. The number of carbonyl (C=O) groups excluding carboxylic acids is 3. The van der Waals surface area contributed by atoms with Crippen LogP contribution in [0, 0.1) is 0 Å². The monoisotopic (exact) mass is 391 g/mol. The van der Waals surface area contributed by atoms with Crippen molar-refractivity contribution in [3.8, 4) is 0 Å². The maximum Gasteiger partial charge on any atom is 0.261 e. The van der Waals surface area contributed by atoms with Gasteiger partial charge in [-0.15, -0.1) is 0 Å². The van der Waals surface area contributed by atoms with Crippen LogP contribution in [0.2, 0.25) is 5.02 Å². The van der Waals surface area contributed by atoms with Gasteiger partial charge in [-0.3, -0.25) is 19.3 Å². The summed E-state index contributed by atoms with van der Waals surface area (Å²) in [4.78, 5) is 43.0. The van der Waals surface area contributed by atoms with Gasteiger partial charge in [-0.25, -0.2) is 4.98 Å². The fourth-order valence-electron chi connectivity index (χ4n) is 2.98. The molecule has 0 atom stereocenters. The van der Waals surface area contributed by atoms with Crippen molar-refractivity contribution in [3.63, 3.8) is 0 Å². The molecule has 1 aromatic heterocycles. The Morgan fingerprint density at radius 2 is 1.71 bits per heavy atom. The molecule has 0 saturated carbocycles. The van der Waals surface area contributed by atoms with Gasteiger partial charge in [0.05, 0.1) is 22.7 Å². The van der Waals surface area contributed by atoms with Crippen molar-refractivity contribution >= 4 is 35.1 Å². The highest BCUT2D eigenvalue weighted by Gasteiger charge is 2.36. The fourth-order valence-corrected chi connectivity index (χ4v) is 3.09. The normalized spacial score (nSPS) is 12.8. The smallest absolute Gasteiger partial charge is 0.261 e. The van der Waals surface area contributed by atoms with E-state index in [-0.39, 0.29) is 23.6 Å². The number of hydrogen-bond acceptors (Lipinski definition) is 4. The van der Waals surface area contributed by atoms with E-state index >= 15 is 0 Å². The number of halogens is 1. The average molecular weight is 392 g/mol. The van der Waals surface area contributed by atoms with Gasteiger partial charge in [0, 0.05) is 11.8 Å². The molecule has 0 unspecified atom stereocenters. The number of anilines is 1. The summed E-state index contributed by atoms with van der Waals surface area (Å²) in [6.45, 7) is 0.184. The Morgan fingerprint density at radius 1 is 0.964 bits per heavy atom. The first-order chi connectivity index (χ1) is 13.5. The van der Waals surface area contributed by atoms with Crippen LogP contribution in [0.5, 0.6) is 0 Å². The lowest BCUT2D eigenvalue weighted by atomic mass is 10.1. The van der Waals surface area contributed by atoms with E-state index in [0.717, 1.165) is 5.56 Å². The molecule has 0 bridgehead atoms. The van der Waals surface area contributed by atoms with Gasteiger partial charge in [0.15, 0.2) is 0 Å². The van der Waals surface area contributed by atoms with Crippen LogP contribution >= 0.6 is 11.6 Å². The van der Waals surface area contributed by atoms with Crippen LogP contribution < -0.4 is 5.32 Å². The topological polar surface area (TPSA) is 79.4 Å². The SMILES string of the molecule is O=C(Nc1ccc(Cl)cn1)c1ccc2c(c1)C(=O)N(Cc1ccccc1)C2=O. The summed E-state index contributed by atoms with van der Waals surface area (Å²) in [5.41, 5.74) is 1.63. The zero-order valence-corrected chi connectivity index (χ0v) is 15.3. The van der Waals surface area contributed by atoms with Crippen LogP contribution in [0.3, 0.4) is 0 Å². The van der Waals surface area contributed by atoms with Crippen molar-refractivity contribution in [1.29, 1.82) is 0 Å². The number of pyridine rings is 1. The van der Waals surface area contributed by atoms with Gasteiger partial charge < -0.3 is 5.32 Å². The van der Waals surface area contributed by atoms with Crippen LogP contribution in [-0.2, 0) is 6.54 Å². The molecular weight excluding hydrogens is 378 g/mol. The Bertz CT molecular complexity index is 1080.